The van der Waals surface area contributed by atoms with E-state index in [2.05, 4.69) is 15.3 Å². The molecule has 1 atom stereocenters. The quantitative estimate of drug-likeness (QED) is 0.272. The first-order chi connectivity index (χ1) is 18.6. The van der Waals surface area contributed by atoms with Gasteiger partial charge in [0.1, 0.15) is 0 Å². The Kier molecular flexibility index (Phi) is 7.10. The van der Waals surface area contributed by atoms with Crippen LogP contribution < -0.4 is 19.5 Å². The number of aromatic nitrogens is 3. The molecule has 3 aromatic heterocycles. The number of ether oxygens (including phenoxy) is 3. The third-order valence-electron chi connectivity index (χ3n) is 6.51. The monoisotopic (exact) mass is 512 g/mol. The summed E-state index contributed by atoms with van der Waals surface area (Å²) in [5.41, 5.74) is 4.25. The van der Waals surface area contributed by atoms with E-state index in [1.54, 1.807) is 50.9 Å². The number of rotatable bonds is 9. The average Bonchev–Trinajstić information content (AvgIpc) is 3.37. The normalized spacial score (nSPS) is 11.9. The van der Waals surface area contributed by atoms with E-state index >= 15 is 0 Å². The van der Waals surface area contributed by atoms with Crippen molar-refractivity contribution >= 4 is 27.7 Å². The molecule has 1 amide bonds. The van der Waals surface area contributed by atoms with Gasteiger partial charge < -0.3 is 29.6 Å². The molecule has 9 nitrogen and oxygen atoms in total. The number of para-hydroxylation sites is 1. The van der Waals surface area contributed by atoms with E-state index in [1.165, 1.54) is 7.11 Å². The second kappa shape index (κ2) is 10.8. The third kappa shape index (κ3) is 4.71. The SMILES string of the molecule is COc1cc(-c2cc(C(=O)NC(CO)Cc3c[nH]c4ccccc34)c3cnccc3n2)cc(OC)c1OC. The molecule has 0 fully saturated rings. The zero-order valence-electron chi connectivity index (χ0n) is 21.3. The first kappa shape index (κ1) is 25.0. The predicted molar refractivity (Wildman–Crippen MR) is 145 cm³/mol. The number of H-pyrrole nitrogens is 1. The Morgan fingerprint density at radius 2 is 1.79 bits per heavy atom. The van der Waals surface area contributed by atoms with Gasteiger partial charge in [-0.15, -0.1) is 0 Å². The van der Waals surface area contributed by atoms with Gasteiger partial charge in [0.15, 0.2) is 11.5 Å². The molecule has 5 rings (SSSR count). The van der Waals surface area contributed by atoms with Gasteiger partial charge >= 0.3 is 0 Å². The van der Waals surface area contributed by atoms with Crippen LogP contribution in [0.1, 0.15) is 15.9 Å². The number of fused-ring (bicyclic) bond motifs is 2. The lowest BCUT2D eigenvalue weighted by atomic mass is 10.0. The number of methoxy groups -OCH3 is 3. The van der Waals surface area contributed by atoms with E-state index < -0.39 is 6.04 Å². The van der Waals surface area contributed by atoms with Crippen LogP contribution in [-0.2, 0) is 6.42 Å². The van der Waals surface area contributed by atoms with Gasteiger partial charge in [0.2, 0.25) is 5.75 Å². The van der Waals surface area contributed by atoms with Gasteiger partial charge in [0.25, 0.3) is 5.91 Å². The summed E-state index contributed by atoms with van der Waals surface area (Å²) in [7, 11) is 4.63. The van der Waals surface area contributed by atoms with Crippen molar-refractivity contribution in [3.63, 3.8) is 0 Å². The Hall–Kier alpha value is -4.63. The second-order valence-electron chi connectivity index (χ2n) is 8.78. The number of pyridine rings is 2. The number of benzene rings is 2. The zero-order valence-corrected chi connectivity index (χ0v) is 21.3. The van der Waals surface area contributed by atoms with Crippen molar-refractivity contribution in [2.24, 2.45) is 0 Å². The van der Waals surface area contributed by atoms with Crippen molar-refractivity contribution in [3.05, 3.63) is 78.2 Å². The van der Waals surface area contributed by atoms with Gasteiger partial charge in [-0.05, 0) is 42.3 Å². The van der Waals surface area contributed by atoms with Crippen molar-refractivity contribution < 1.29 is 24.1 Å². The molecule has 1 unspecified atom stereocenters. The summed E-state index contributed by atoms with van der Waals surface area (Å²) in [6.07, 6.45) is 5.62. The molecule has 0 aliphatic carbocycles. The van der Waals surface area contributed by atoms with E-state index in [0.29, 0.717) is 51.4 Å². The van der Waals surface area contributed by atoms with E-state index in [0.717, 1.165) is 16.5 Å². The second-order valence-corrected chi connectivity index (χ2v) is 8.78. The first-order valence-corrected chi connectivity index (χ1v) is 12.1. The molecule has 0 saturated carbocycles. The fourth-order valence-electron chi connectivity index (χ4n) is 4.62. The highest BCUT2D eigenvalue weighted by Crippen LogP contribution is 2.41. The van der Waals surface area contributed by atoms with Crippen molar-refractivity contribution in [1.29, 1.82) is 0 Å². The van der Waals surface area contributed by atoms with Gasteiger partial charge in [0.05, 0.1) is 50.8 Å². The summed E-state index contributed by atoms with van der Waals surface area (Å²) in [4.78, 5) is 25.8. The molecule has 3 heterocycles. The number of aromatic amines is 1. The number of carbonyl (C=O) groups is 1. The highest BCUT2D eigenvalue weighted by Gasteiger charge is 2.21. The fraction of sp³-hybridized carbons (Fsp3) is 0.207. The van der Waals surface area contributed by atoms with Gasteiger partial charge in [-0.2, -0.15) is 0 Å². The Bertz CT molecular complexity index is 1590. The predicted octanol–water partition coefficient (Wildman–Crippen LogP) is 4.14. The third-order valence-corrected chi connectivity index (χ3v) is 6.51. The Morgan fingerprint density at radius 1 is 1.03 bits per heavy atom. The maximum Gasteiger partial charge on any atom is 0.252 e. The maximum absolute atomic E-state index is 13.6. The van der Waals surface area contributed by atoms with E-state index in [4.69, 9.17) is 19.2 Å². The summed E-state index contributed by atoms with van der Waals surface area (Å²) in [6.45, 7) is -0.216. The molecule has 0 saturated heterocycles. The van der Waals surface area contributed by atoms with Crippen LogP contribution in [0.2, 0.25) is 0 Å². The number of hydrogen-bond acceptors (Lipinski definition) is 7. The lowest BCUT2D eigenvalue weighted by molar-refractivity contribution is 0.0918. The maximum atomic E-state index is 13.6. The minimum absolute atomic E-state index is 0.216. The molecule has 9 heteroatoms. The Balaban J connectivity index is 1.51. The summed E-state index contributed by atoms with van der Waals surface area (Å²) >= 11 is 0. The number of aliphatic hydroxyl groups excluding tert-OH is 1. The first-order valence-electron chi connectivity index (χ1n) is 12.1. The van der Waals surface area contributed by atoms with Crippen molar-refractivity contribution in [3.8, 4) is 28.5 Å². The van der Waals surface area contributed by atoms with Crippen molar-refractivity contribution in [2.75, 3.05) is 27.9 Å². The molecule has 38 heavy (non-hydrogen) atoms. The highest BCUT2D eigenvalue weighted by molar-refractivity contribution is 6.07. The molecule has 0 aliphatic rings. The van der Waals surface area contributed by atoms with Gasteiger partial charge in [-0.3, -0.25) is 9.78 Å². The number of carbonyl (C=O) groups excluding carboxylic acids is 1. The largest absolute Gasteiger partial charge is 0.493 e. The lowest BCUT2D eigenvalue weighted by Crippen LogP contribution is -2.39. The standard InChI is InChI=1S/C29H28N4O5/c1-36-26-11-17(12-27(37-2)28(26)38-3)25-13-21(22-15-30-9-8-24(22)33-25)29(35)32-19(16-34)10-18-14-31-23-7-5-4-6-20(18)23/h4-9,11-15,19,31,34H,10,16H2,1-3H3,(H,32,35). The van der Waals surface area contributed by atoms with Crippen LogP contribution in [0.5, 0.6) is 17.2 Å². The summed E-state index contributed by atoms with van der Waals surface area (Å²) < 4.78 is 16.4. The van der Waals surface area contributed by atoms with Gasteiger partial charge in [0, 0.05) is 40.4 Å². The molecule has 0 spiro atoms. The summed E-state index contributed by atoms with van der Waals surface area (Å²) in [5.74, 6) is 1.08. The van der Waals surface area contributed by atoms with Crippen LogP contribution in [0.15, 0.2) is 67.1 Å². The zero-order chi connectivity index (χ0) is 26.6. The fourth-order valence-corrected chi connectivity index (χ4v) is 4.62. The summed E-state index contributed by atoms with van der Waals surface area (Å²) in [6, 6.07) is 14.5. The van der Waals surface area contributed by atoms with E-state index in [-0.39, 0.29) is 12.5 Å². The molecule has 194 valence electrons. The van der Waals surface area contributed by atoms with Crippen molar-refractivity contribution in [2.45, 2.75) is 12.5 Å². The lowest BCUT2D eigenvalue weighted by Gasteiger charge is -2.18. The number of amides is 1. The molecule has 2 aromatic carbocycles. The van der Waals surface area contributed by atoms with E-state index in [1.807, 2.05) is 30.5 Å². The topological polar surface area (TPSA) is 119 Å². The number of hydrogen-bond donors (Lipinski definition) is 3. The van der Waals surface area contributed by atoms with E-state index in [9.17, 15) is 9.90 Å². The Labute approximate surface area is 219 Å². The summed E-state index contributed by atoms with van der Waals surface area (Å²) in [5, 5.41) is 14.8. The molecular weight excluding hydrogens is 484 g/mol. The van der Waals surface area contributed by atoms with Crippen LogP contribution in [0.25, 0.3) is 33.1 Å². The molecule has 0 radical (unpaired) electrons. The van der Waals surface area contributed by atoms with Crippen LogP contribution >= 0.6 is 0 Å². The molecule has 0 bridgehead atoms. The van der Waals surface area contributed by atoms with Crippen LogP contribution in [-0.4, -0.2) is 59.9 Å². The minimum Gasteiger partial charge on any atom is -0.493 e. The number of aliphatic hydroxyl groups is 1. The van der Waals surface area contributed by atoms with Crippen LogP contribution in [0.3, 0.4) is 0 Å². The molecule has 0 aliphatic heterocycles. The van der Waals surface area contributed by atoms with Crippen LogP contribution in [0.4, 0.5) is 0 Å². The molecule has 5 aromatic rings. The minimum atomic E-state index is -0.494. The van der Waals surface area contributed by atoms with Gasteiger partial charge in [-0.25, -0.2) is 4.98 Å². The number of nitrogens with one attached hydrogen (secondary N) is 2. The van der Waals surface area contributed by atoms with Crippen LogP contribution in [0, 0.1) is 0 Å². The highest BCUT2D eigenvalue weighted by atomic mass is 16.5. The van der Waals surface area contributed by atoms with Crippen molar-refractivity contribution in [1.82, 2.24) is 20.3 Å². The van der Waals surface area contributed by atoms with Gasteiger partial charge in [-0.1, -0.05) is 18.2 Å². The number of nitrogens with zero attached hydrogens (tertiary/aromatic N) is 2. The molecule has 3 N–H and O–H groups in total. The molecular formula is C29H28N4O5. The average molecular weight is 513 g/mol. The Morgan fingerprint density at radius 3 is 2.50 bits per heavy atom. The smallest absolute Gasteiger partial charge is 0.252 e.